The van der Waals surface area contributed by atoms with Crippen LogP contribution in [0.25, 0.3) is 0 Å². The van der Waals surface area contributed by atoms with Gasteiger partial charge >= 0.3 is 5.97 Å². The molecule has 1 unspecified atom stereocenters. The molecule has 1 atom stereocenters. The molecule has 0 spiro atoms. The van der Waals surface area contributed by atoms with Gasteiger partial charge in [0.15, 0.2) is 11.5 Å². The molecule has 0 heterocycles. The van der Waals surface area contributed by atoms with E-state index in [1.165, 1.54) is 12.1 Å². The van der Waals surface area contributed by atoms with Crippen molar-refractivity contribution in [3.8, 4) is 11.5 Å². The van der Waals surface area contributed by atoms with Gasteiger partial charge in [0.2, 0.25) is 0 Å². The number of hydrogen-bond donors (Lipinski definition) is 2. The van der Waals surface area contributed by atoms with Crippen molar-refractivity contribution in [3.05, 3.63) is 57.8 Å². The molecule has 0 radical (unpaired) electrons. The number of benzene rings is 2. The minimum Gasteiger partial charge on any atom is -0.493 e. The Kier molecular flexibility index (Phi) is 8.26. The highest BCUT2D eigenvalue weighted by atomic mass is 79.9. The molecular weight excluding hydrogens is 429 g/mol. The summed E-state index contributed by atoms with van der Waals surface area (Å²) in [6.07, 6.45) is 0.545. The van der Waals surface area contributed by atoms with Crippen molar-refractivity contribution in [3.63, 3.8) is 0 Å². The van der Waals surface area contributed by atoms with Gasteiger partial charge in [0, 0.05) is 11.0 Å². The number of halogens is 2. The van der Waals surface area contributed by atoms with Crippen LogP contribution in [0.2, 0.25) is 0 Å². The number of methoxy groups -OCH3 is 1. The fourth-order valence-corrected chi connectivity index (χ4v) is 3.17. The Balaban J connectivity index is 2.09. The summed E-state index contributed by atoms with van der Waals surface area (Å²) in [6.45, 7) is 4.63. The van der Waals surface area contributed by atoms with Gasteiger partial charge < -0.3 is 19.9 Å². The molecule has 0 fully saturated rings. The van der Waals surface area contributed by atoms with E-state index >= 15 is 0 Å². The van der Waals surface area contributed by atoms with Crippen LogP contribution in [-0.2, 0) is 17.9 Å². The van der Waals surface area contributed by atoms with Crippen molar-refractivity contribution in [1.82, 2.24) is 5.32 Å². The van der Waals surface area contributed by atoms with E-state index in [0.717, 1.165) is 15.6 Å². The van der Waals surface area contributed by atoms with Crippen molar-refractivity contribution in [1.29, 1.82) is 0 Å². The lowest BCUT2D eigenvalue weighted by Crippen LogP contribution is -2.37. The van der Waals surface area contributed by atoms with Crippen LogP contribution < -0.4 is 14.8 Å². The molecule has 0 aliphatic heterocycles. The van der Waals surface area contributed by atoms with Crippen LogP contribution in [0.1, 0.15) is 31.4 Å². The standard InChI is InChI=1S/C21H25BrFNO4/c1-13(2)8-18(21(25)26)24-11-15-9-19(27-3)20(10-17(15)22)28-12-14-4-6-16(23)7-5-14/h4-7,9-10,13,18,24H,8,11-12H2,1-3H3,(H,25,26). The van der Waals surface area contributed by atoms with E-state index in [-0.39, 0.29) is 18.3 Å². The Morgan fingerprint density at radius 2 is 1.89 bits per heavy atom. The first-order valence-corrected chi connectivity index (χ1v) is 9.79. The number of carboxylic acid groups (broad SMARTS) is 1. The summed E-state index contributed by atoms with van der Waals surface area (Å²) >= 11 is 3.51. The van der Waals surface area contributed by atoms with Crippen LogP contribution in [0, 0.1) is 11.7 Å². The van der Waals surface area contributed by atoms with Crippen LogP contribution in [-0.4, -0.2) is 24.2 Å². The maximum Gasteiger partial charge on any atom is 0.320 e. The number of carboxylic acids is 1. The third-order valence-electron chi connectivity index (χ3n) is 4.18. The third kappa shape index (κ3) is 6.49. The Bertz CT molecular complexity index is 796. The molecule has 7 heteroatoms. The molecule has 0 amide bonds. The highest BCUT2D eigenvalue weighted by Crippen LogP contribution is 2.34. The minimum atomic E-state index is -0.865. The summed E-state index contributed by atoms with van der Waals surface area (Å²) in [5.41, 5.74) is 1.70. The fraction of sp³-hybridized carbons (Fsp3) is 0.381. The average Bonchev–Trinajstić information content (AvgIpc) is 2.65. The lowest BCUT2D eigenvalue weighted by atomic mass is 10.0. The average molecular weight is 454 g/mol. The fourth-order valence-electron chi connectivity index (χ4n) is 2.70. The minimum absolute atomic E-state index is 0.272. The predicted octanol–water partition coefficient (Wildman–Crippen LogP) is 4.76. The molecule has 0 aliphatic carbocycles. The molecule has 28 heavy (non-hydrogen) atoms. The first kappa shape index (κ1) is 22.2. The van der Waals surface area contributed by atoms with Crippen molar-refractivity contribution < 1.29 is 23.8 Å². The Morgan fingerprint density at radius 1 is 1.21 bits per heavy atom. The van der Waals surface area contributed by atoms with Gasteiger partial charge in [-0.05, 0) is 47.7 Å². The Labute approximate surface area is 173 Å². The number of ether oxygens (including phenoxy) is 2. The number of hydrogen-bond acceptors (Lipinski definition) is 4. The number of nitrogens with one attached hydrogen (secondary N) is 1. The van der Waals surface area contributed by atoms with Gasteiger partial charge in [0.05, 0.1) is 7.11 Å². The molecule has 0 saturated carbocycles. The zero-order valence-corrected chi connectivity index (χ0v) is 17.8. The number of aliphatic carboxylic acids is 1. The topological polar surface area (TPSA) is 67.8 Å². The van der Waals surface area contributed by atoms with E-state index in [0.29, 0.717) is 24.5 Å². The van der Waals surface area contributed by atoms with Crippen molar-refractivity contribution >= 4 is 21.9 Å². The predicted molar refractivity (Wildman–Crippen MR) is 109 cm³/mol. The maximum atomic E-state index is 13.0. The van der Waals surface area contributed by atoms with Gasteiger partial charge in [-0.2, -0.15) is 0 Å². The SMILES string of the molecule is COc1cc(CNC(CC(C)C)C(=O)O)c(Br)cc1OCc1ccc(F)cc1. The molecule has 5 nitrogen and oxygen atoms in total. The molecule has 0 aromatic heterocycles. The van der Waals surface area contributed by atoms with Crippen LogP contribution in [0.3, 0.4) is 0 Å². The smallest absolute Gasteiger partial charge is 0.320 e. The molecule has 2 aromatic rings. The summed E-state index contributed by atoms with van der Waals surface area (Å²) in [4.78, 5) is 11.4. The summed E-state index contributed by atoms with van der Waals surface area (Å²) in [6, 6.07) is 9.08. The number of carbonyl (C=O) groups is 1. The molecule has 152 valence electrons. The van der Waals surface area contributed by atoms with Crippen LogP contribution in [0.5, 0.6) is 11.5 Å². The number of rotatable bonds is 10. The molecule has 0 bridgehead atoms. The summed E-state index contributed by atoms with van der Waals surface area (Å²) < 4.78 is 25.0. The third-order valence-corrected chi connectivity index (χ3v) is 4.92. The Morgan fingerprint density at radius 3 is 2.46 bits per heavy atom. The first-order valence-electron chi connectivity index (χ1n) is 9.00. The van der Waals surface area contributed by atoms with Gasteiger partial charge in [-0.25, -0.2) is 4.39 Å². The highest BCUT2D eigenvalue weighted by Gasteiger charge is 2.19. The summed E-state index contributed by atoms with van der Waals surface area (Å²) in [7, 11) is 1.55. The van der Waals surface area contributed by atoms with E-state index in [4.69, 9.17) is 9.47 Å². The molecule has 2 N–H and O–H groups in total. The second-order valence-corrected chi connectivity index (χ2v) is 7.77. The highest BCUT2D eigenvalue weighted by molar-refractivity contribution is 9.10. The lowest BCUT2D eigenvalue weighted by Gasteiger charge is -2.18. The van der Waals surface area contributed by atoms with Gasteiger partial charge in [-0.1, -0.05) is 41.9 Å². The summed E-state index contributed by atoms with van der Waals surface area (Å²) in [5.74, 6) is 0.195. The van der Waals surface area contributed by atoms with Crippen molar-refractivity contribution in [2.45, 2.75) is 39.5 Å². The first-order chi connectivity index (χ1) is 13.3. The van der Waals surface area contributed by atoms with Gasteiger partial charge in [-0.3, -0.25) is 4.79 Å². The molecular formula is C21H25BrFNO4. The zero-order valence-electron chi connectivity index (χ0n) is 16.2. The van der Waals surface area contributed by atoms with Crippen LogP contribution in [0.4, 0.5) is 4.39 Å². The van der Waals surface area contributed by atoms with Crippen molar-refractivity contribution in [2.75, 3.05) is 7.11 Å². The van der Waals surface area contributed by atoms with E-state index in [9.17, 15) is 14.3 Å². The van der Waals surface area contributed by atoms with Crippen LogP contribution in [0.15, 0.2) is 40.9 Å². The second-order valence-electron chi connectivity index (χ2n) is 6.91. The van der Waals surface area contributed by atoms with E-state index in [1.807, 2.05) is 19.9 Å². The monoisotopic (exact) mass is 453 g/mol. The zero-order chi connectivity index (χ0) is 20.7. The van der Waals surface area contributed by atoms with E-state index in [1.54, 1.807) is 25.3 Å². The van der Waals surface area contributed by atoms with E-state index in [2.05, 4.69) is 21.2 Å². The maximum absolute atomic E-state index is 13.0. The van der Waals surface area contributed by atoms with E-state index < -0.39 is 12.0 Å². The molecule has 0 saturated heterocycles. The molecule has 2 aromatic carbocycles. The molecule has 2 rings (SSSR count). The van der Waals surface area contributed by atoms with Gasteiger partial charge in [-0.15, -0.1) is 0 Å². The largest absolute Gasteiger partial charge is 0.493 e. The van der Waals surface area contributed by atoms with Crippen molar-refractivity contribution in [2.24, 2.45) is 5.92 Å². The van der Waals surface area contributed by atoms with Gasteiger partial charge in [0.1, 0.15) is 18.5 Å². The van der Waals surface area contributed by atoms with Crippen LogP contribution >= 0.6 is 15.9 Å². The summed E-state index contributed by atoms with van der Waals surface area (Å²) in [5, 5.41) is 12.4. The quantitative estimate of drug-likeness (QED) is 0.542. The second kappa shape index (κ2) is 10.4. The van der Waals surface area contributed by atoms with Gasteiger partial charge in [0.25, 0.3) is 0 Å². The Hall–Kier alpha value is -2.12. The normalized spacial score (nSPS) is 12.1. The lowest BCUT2D eigenvalue weighted by molar-refractivity contribution is -0.140. The molecule has 0 aliphatic rings.